The summed E-state index contributed by atoms with van der Waals surface area (Å²) in [6, 6.07) is 18.4. The van der Waals surface area contributed by atoms with Crippen LogP contribution in [0.25, 0.3) is 22.1 Å². The molecule has 26 heavy (non-hydrogen) atoms. The predicted octanol–water partition coefficient (Wildman–Crippen LogP) is 3.97. The summed E-state index contributed by atoms with van der Waals surface area (Å²) in [5.41, 5.74) is 3.78. The maximum atomic E-state index is 9.44. The van der Waals surface area contributed by atoms with Crippen molar-refractivity contribution in [2.75, 3.05) is 19.7 Å². The summed E-state index contributed by atoms with van der Waals surface area (Å²) in [5.74, 6) is 0.987. The van der Waals surface area contributed by atoms with Crippen LogP contribution in [0.3, 0.4) is 0 Å². The van der Waals surface area contributed by atoms with Crippen LogP contribution in [0.1, 0.15) is 24.2 Å². The number of nitriles is 1. The smallest absolute Gasteiger partial charge is 0.134 e. The minimum absolute atomic E-state index is 0.244. The van der Waals surface area contributed by atoms with Crippen molar-refractivity contribution >= 4 is 11.0 Å². The van der Waals surface area contributed by atoms with E-state index >= 15 is 0 Å². The molecular weight excluding hydrogens is 324 g/mol. The molecule has 0 amide bonds. The molecular formula is C22H22N2O2. The molecule has 0 spiro atoms. The van der Waals surface area contributed by atoms with Gasteiger partial charge in [-0.15, -0.1) is 0 Å². The van der Waals surface area contributed by atoms with Crippen LogP contribution in [0.2, 0.25) is 0 Å². The lowest BCUT2D eigenvalue weighted by atomic mass is 10.0. The van der Waals surface area contributed by atoms with Gasteiger partial charge in [0.15, 0.2) is 0 Å². The second kappa shape index (κ2) is 7.33. The fraction of sp³-hybridized carbons (Fsp3) is 0.318. The highest BCUT2D eigenvalue weighted by molar-refractivity contribution is 5.84. The molecule has 0 saturated carbocycles. The average molecular weight is 346 g/mol. The van der Waals surface area contributed by atoms with Crippen molar-refractivity contribution in [3.63, 3.8) is 0 Å². The van der Waals surface area contributed by atoms with E-state index in [1.165, 1.54) is 6.42 Å². The summed E-state index contributed by atoms with van der Waals surface area (Å²) >= 11 is 0. The van der Waals surface area contributed by atoms with Crippen molar-refractivity contribution in [1.82, 2.24) is 4.90 Å². The van der Waals surface area contributed by atoms with Gasteiger partial charge in [0.2, 0.25) is 0 Å². The van der Waals surface area contributed by atoms with Crippen molar-refractivity contribution in [2.24, 2.45) is 0 Å². The van der Waals surface area contributed by atoms with E-state index in [0.29, 0.717) is 11.6 Å². The Labute approximate surface area is 153 Å². The molecule has 1 aromatic heterocycles. The fourth-order valence-corrected chi connectivity index (χ4v) is 3.79. The molecule has 4 nitrogen and oxygen atoms in total. The van der Waals surface area contributed by atoms with E-state index in [0.717, 1.165) is 53.8 Å². The van der Waals surface area contributed by atoms with Crippen LogP contribution in [0.15, 0.2) is 52.9 Å². The van der Waals surface area contributed by atoms with Gasteiger partial charge in [0, 0.05) is 24.4 Å². The Kier molecular flexibility index (Phi) is 4.75. The minimum Gasteiger partial charge on any atom is -0.461 e. The highest BCUT2D eigenvalue weighted by Gasteiger charge is 2.23. The number of fused-ring (bicyclic) bond motifs is 1. The molecule has 1 saturated heterocycles. The second-order valence-corrected chi connectivity index (χ2v) is 6.92. The van der Waals surface area contributed by atoms with Gasteiger partial charge in [-0.05, 0) is 60.8 Å². The molecule has 1 aliphatic heterocycles. The first-order valence-electron chi connectivity index (χ1n) is 9.15. The Morgan fingerprint density at radius 2 is 1.92 bits per heavy atom. The Hall–Kier alpha value is -2.61. The lowest BCUT2D eigenvalue weighted by Gasteiger charge is -2.21. The van der Waals surface area contributed by atoms with Crippen molar-refractivity contribution in [3.8, 4) is 17.2 Å². The number of benzene rings is 2. The average Bonchev–Trinajstić information content (AvgIpc) is 3.31. The maximum absolute atomic E-state index is 9.44. The van der Waals surface area contributed by atoms with Gasteiger partial charge >= 0.3 is 0 Å². The summed E-state index contributed by atoms with van der Waals surface area (Å²) < 4.78 is 5.99. The molecule has 0 bridgehead atoms. The Morgan fingerprint density at radius 3 is 2.69 bits per heavy atom. The van der Waals surface area contributed by atoms with Crippen LogP contribution in [0.4, 0.5) is 0 Å². The molecule has 132 valence electrons. The Bertz CT molecular complexity index is 937. The van der Waals surface area contributed by atoms with Gasteiger partial charge in [0.05, 0.1) is 18.2 Å². The first kappa shape index (κ1) is 16.8. The zero-order valence-corrected chi connectivity index (χ0v) is 14.7. The predicted molar refractivity (Wildman–Crippen MR) is 102 cm³/mol. The van der Waals surface area contributed by atoms with Gasteiger partial charge in [-0.25, -0.2) is 0 Å². The van der Waals surface area contributed by atoms with Gasteiger partial charge in [0.25, 0.3) is 0 Å². The summed E-state index contributed by atoms with van der Waals surface area (Å²) in [7, 11) is 0. The zero-order valence-electron chi connectivity index (χ0n) is 14.7. The number of likely N-dealkylation sites (tertiary alicyclic amines) is 1. The van der Waals surface area contributed by atoms with Crippen LogP contribution < -0.4 is 0 Å². The molecule has 1 fully saturated rings. The molecule has 1 atom stereocenters. The molecule has 2 aromatic carbocycles. The molecule has 4 heteroatoms. The third-order valence-electron chi connectivity index (χ3n) is 5.27. The van der Waals surface area contributed by atoms with E-state index in [4.69, 9.17) is 9.68 Å². The second-order valence-electron chi connectivity index (χ2n) is 6.92. The van der Waals surface area contributed by atoms with Gasteiger partial charge in [-0.2, -0.15) is 5.26 Å². The van der Waals surface area contributed by atoms with Crippen LogP contribution in [-0.4, -0.2) is 35.7 Å². The first-order chi connectivity index (χ1) is 12.8. The molecule has 1 N–H and O–H groups in total. The molecule has 0 aliphatic carbocycles. The molecule has 4 rings (SSSR count). The minimum atomic E-state index is 0.244. The summed E-state index contributed by atoms with van der Waals surface area (Å²) in [6.45, 7) is 2.23. The Morgan fingerprint density at radius 1 is 1.12 bits per heavy atom. The quantitative estimate of drug-likeness (QED) is 0.759. The monoisotopic (exact) mass is 346 g/mol. The van der Waals surface area contributed by atoms with Crippen LogP contribution in [0.5, 0.6) is 0 Å². The number of hydrogen-bond donors (Lipinski definition) is 1. The largest absolute Gasteiger partial charge is 0.461 e. The van der Waals surface area contributed by atoms with Gasteiger partial charge in [-0.1, -0.05) is 18.2 Å². The zero-order chi connectivity index (χ0) is 17.9. The lowest BCUT2D eigenvalue weighted by Crippen LogP contribution is -2.33. The SMILES string of the molecule is N#Cc1ccc(-c2ccc3oc(CCN4CCC[C@@H]4CO)cc3c2)cc1. The molecule has 2 heterocycles. The van der Waals surface area contributed by atoms with Crippen molar-refractivity contribution in [1.29, 1.82) is 5.26 Å². The lowest BCUT2D eigenvalue weighted by molar-refractivity contribution is 0.158. The standard InChI is InChI=1S/C22H22N2O2/c23-14-16-3-5-17(6-4-16)18-7-8-22-19(12-18)13-21(26-22)9-11-24-10-1-2-20(24)15-25/h3-8,12-13,20,25H,1-2,9-11,15H2/t20-/m1/s1. The third-order valence-corrected chi connectivity index (χ3v) is 5.27. The normalized spacial score (nSPS) is 17.6. The number of aliphatic hydroxyl groups excluding tert-OH is 1. The van der Waals surface area contributed by atoms with Crippen molar-refractivity contribution in [2.45, 2.75) is 25.3 Å². The number of furan rings is 1. The summed E-state index contributed by atoms with van der Waals surface area (Å²) in [6.07, 6.45) is 3.11. The van der Waals surface area contributed by atoms with Crippen LogP contribution in [0, 0.1) is 11.3 Å². The van der Waals surface area contributed by atoms with E-state index in [-0.39, 0.29) is 6.61 Å². The van der Waals surface area contributed by atoms with Crippen molar-refractivity contribution in [3.05, 3.63) is 59.9 Å². The topological polar surface area (TPSA) is 60.4 Å². The van der Waals surface area contributed by atoms with Gasteiger partial charge in [-0.3, -0.25) is 4.90 Å². The molecule has 0 radical (unpaired) electrons. The molecule has 3 aromatic rings. The number of aliphatic hydroxyl groups is 1. The van der Waals surface area contributed by atoms with Crippen molar-refractivity contribution < 1.29 is 9.52 Å². The Balaban J connectivity index is 1.51. The maximum Gasteiger partial charge on any atom is 0.134 e. The first-order valence-corrected chi connectivity index (χ1v) is 9.15. The van der Waals surface area contributed by atoms with Crippen LogP contribution >= 0.6 is 0 Å². The van der Waals surface area contributed by atoms with E-state index in [9.17, 15) is 5.11 Å². The van der Waals surface area contributed by atoms with E-state index in [1.807, 2.05) is 30.3 Å². The van der Waals surface area contributed by atoms with Gasteiger partial charge in [0.1, 0.15) is 11.3 Å². The van der Waals surface area contributed by atoms with E-state index in [2.05, 4.69) is 29.2 Å². The highest BCUT2D eigenvalue weighted by atomic mass is 16.3. The van der Waals surface area contributed by atoms with E-state index in [1.54, 1.807) is 0 Å². The van der Waals surface area contributed by atoms with Crippen LogP contribution in [-0.2, 0) is 6.42 Å². The highest BCUT2D eigenvalue weighted by Crippen LogP contribution is 2.27. The summed E-state index contributed by atoms with van der Waals surface area (Å²) in [5, 5.41) is 19.5. The number of hydrogen-bond acceptors (Lipinski definition) is 4. The third kappa shape index (κ3) is 3.37. The fourth-order valence-electron chi connectivity index (χ4n) is 3.79. The van der Waals surface area contributed by atoms with Gasteiger partial charge < -0.3 is 9.52 Å². The molecule has 0 unspecified atom stereocenters. The molecule has 1 aliphatic rings. The summed E-state index contributed by atoms with van der Waals surface area (Å²) in [4.78, 5) is 2.36. The van der Waals surface area contributed by atoms with E-state index < -0.39 is 0 Å². The number of nitrogens with zero attached hydrogens (tertiary/aromatic N) is 2. The number of rotatable bonds is 5.